The summed E-state index contributed by atoms with van der Waals surface area (Å²) >= 11 is 0. The highest BCUT2D eigenvalue weighted by molar-refractivity contribution is 4.93. The van der Waals surface area contributed by atoms with E-state index < -0.39 is 74.6 Å². The molecule has 0 radical (unpaired) electrons. The van der Waals surface area contributed by atoms with E-state index >= 15 is 0 Å². The highest BCUT2D eigenvalue weighted by Crippen LogP contribution is 2.28. The van der Waals surface area contributed by atoms with E-state index in [1.54, 1.807) is 0 Å². The second-order valence-electron chi connectivity index (χ2n) is 5.53. The number of ether oxygens (including phenoxy) is 3. The Labute approximate surface area is 130 Å². The first-order chi connectivity index (χ1) is 10.8. The lowest BCUT2D eigenvalue weighted by atomic mass is 9.97. The van der Waals surface area contributed by atoms with Crippen LogP contribution in [0.4, 0.5) is 0 Å². The van der Waals surface area contributed by atoms with Crippen LogP contribution in [-0.2, 0) is 14.2 Å². The number of aliphatic hydroxyl groups excluding tert-OH is 8. The molecule has 11 nitrogen and oxygen atoms in total. The third kappa shape index (κ3) is 3.65. The minimum Gasteiger partial charge on any atom is -0.394 e. The summed E-state index contributed by atoms with van der Waals surface area (Å²) < 4.78 is 15.1. The Morgan fingerprint density at radius 1 is 0.652 bits per heavy atom. The molecule has 23 heavy (non-hydrogen) atoms. The maximum Gasteiger partial charge on any atom is 0.187 e. The van der Waals surface area contributed by atoms with Gasteiger partial charge in [0.25, 0.3) is 0 Å². The van der Waals surface area contributed by atoms with Crippen molar-refractivity contribution in [3.63, 3.8) is 0 Å². The Morgan fingerprint density at radius 3 is 1.78 bits per heavy atom. The second-order valence-corrected chi connectivity index (χ2v) is 5.53. The standard InChI is InChI=1S/C12H22O11/c13-1-3-5(15)7(17)8(18)12(22-3)23-10-6(16)4(2-14)21-11(20)9(10)19/h3-20H,1-2H2/t3-,4-,5-,6-,7-,8+,9+,10-,11+,12+/m0/s1. The van der Waals surface area contributed by atoms with E-state index in [1.807, 2.05) is 0 Å². The number of aliphatic hydroxyl groups is 8. The molecule has 0 spiro atoms. The Balaban J connectivity index is 2.11. The molecule has 8 N–H and O–H groups in total. The van der Waals surface area contributed by atoms with E-state index in [0.29, 0.717) is 0 Å². The molecule has 0 aromatic heterocycles. The van der Waals surface area contributed by atoms with Gasteiger partial charge in [0.2, 0.25) is 0 Å². The first-order valence-electron chi connectivity index (χ1n) is 7.08. The van der Waals surface area contributed by atoms with Crippen molar-refractivity contribution < 1.29 is 55.1 Å². The highest BCUT2D eigenvalue weighted by atomic mass is 16.7. The van der Waals surface area contributed by atoms with E-state index in [4.69, 9.17) is 24.4 Å². The summed E-state index contributed by atoms with van der Waals surface area (Å²) in [5, 5.41) is 76.8. The molecule has 2 fully saturated rings. The van der Waals surface area contributed by atoms with Gasteiger partial charge in [-0.3, -0.25) is 0 Å². The molecule has 0 aromatic rings. The zero-order valence-corrected chi connectivity index (χ0v) is 12.0. The first kappa shape index (κ1) is 18.9. The summed E-state index contributed by atoms with van der Waals surface area (Å²) in [5.74, 6) is 0. The average molecular weight is 342 g/mol. The molecule has 2 rings (SSSR count). The third-order valence-electron chi connectivity index (χ3n) is 3.98. The molecule has 0 bridgehead atoms. The largest absolute Gasteiger partial charge is 0.394 e. The first-order valence-corrected chi connectivity index (χ1v) is 7.08. The van der Waals surface area contributed by atoms with Gasteiger partial charge in [-0.05, 0) is 0 Å². The van der Waals surface area contributed by atoms with Crippen molar-refractivity contribution in [1.29, 1.82) is 0 Å². The molecular formula is C12H22O11. The fraction of sp³-hybridized carbons (Fsp3) is 1.00. The van der Waals surface area contributed by atoms with Gasteiger partial charge in [0.05, 0.1) is 13.2 Å². The predicted molar refractivity (Wildman–Crippen MR) is 68.6 cm³/mol. The summed E-state index contributed by atoms with van der Waals surface area (Å²) in [6.07, 6.45) is -15.7. The molecule has 0 aromatic carbocycles. The smallest absolute Gasteiger partial charge is 0.187 e. The zero-order chi connectivity index (χ0) is 17.3. The Bertz CT molecular complexity index is 380. The topological polar surface area (TPSA) is 190 Å². The van der Waals surface area contributed by atoms with Gasteiger partial charge < -0.3 is 55.1 Å². The fourth-order valence-electron chi connectivity index (χ4n) is 2.56. The Hall–Kier alpha value is -0.440. The molecule has 2 aliphatic heterocycles. The van der Waals surface area contributed by atoms with Crippen molar-refractivity contribution in [1.82, 2.24) is 0 Å². The van der Waals surface area contributed by atoms with Crippen molar-refractivity contribution in [3.05, 3.63) is 0 Å². The van der Waals surface area contributed by atoms with Crippen molar-refractivity contribution in [2.75, 3.05) is 13.2 Å². The van der Waals surface area contributed by atoms with Crippen LogP contribution in [-0.4, -0.2) is 115 Å². The van der Waals surface area contributed by atoms with E-state index in [9.17, 15) is 30.6 Å². The van der Waals surface area contributed by atoms with Crippen LogP contribution in [0.25, 0.3) is 0 Å². The molecule has 0 saturated carbocycles. The van der Waals surface area contributed by atoms with Crippen LogP contribution in [0, 0.1) is 0 Å². The molecule has 10 atom stereocenters. The molecule has 0 aliphatic carbocycles. The molecule has 11 heteroatoms. The van der Waals surface area contributed by atoms with Crippen LogP contribution in [0.2, 0.25) is 0 Å². The van der Waals surface area contributed by atoms with Crippen molar-refractivity contribution in [2.24, 2.45) is 0 Å². The van der Waals surface area contributed by atoms with Gasteiger partial charge >= 0.3 is 0 Å². The number of hydrogen-bond donors (Lipinski definition) is 8. The van der Waals surface area contributed by atoms with E-state index in [2.05, 4.69) is 0 Å². The van der Waals surface area contributed by atoms with E-state index in [0.717, 1.165) is 0 Å². The van der Waals surface area contributed by atoms with Crippen LogP contribution in [0.1, 0.15) is 0 Å². The van der Waals surface area contributed by atoms with Crippen LogP contribution in [0.5, 0.6) is 0 Å². The van der Waals surface area contributed by atoms with Crippen molar-refractivity contribution >= 4 is 0 Å². The van der Waals surface area contributed by atoms with Crippen molar-refractivity contribution in [3.8, 4) is 0 Å². The van der Waals surface area contributed by atoms with Crippen LogP contribution in [0.15, 0.2) is 0 Å². The SMILES string of the molecule is OC[C@@H]1O[C@H](O[C@@H]2[C@@H](O)[C@H](O)O[C@@H](CO)[C@@H]2O)[C@H](O)[C@@H](O)[C@H]1O. The van der Waals surface area contributed by atoms with Gasteiger partial charge in [-0.2, -0.15) is 0 Å². The van der Waals surface area contributed by atoms with Gasteiger partial charge in [0, 0.05) is 0 Å². The summed E-state index contributed by atoms with van der Waals surface area (Å²) in [6.45, 7) is -1.34. The molecule has 2 aliphatic rings. The molecule has 0 unspecified atom stereocenters. The summed E-state index contributed by atoms with van der Waals surface area (Å²) in [5.41, 5.74) is 0. The molecular weight excluding hydrogens is 320 g/mol. The normalized spacial score (nSPS) is 51.7. The van der Waals surface area contributed by atoms with E-state index in [-0.39, 0.29) is 0 Å². The van der Waals surface area contributed by atoms with Gasteiger partial charge in [0.1, 0.15) is 48.8 Å². The summed E-state index contributed by atoms with van der Waals surface area (Å²) in [4.78, 5) is 0. The number of rotatable bonds is 4. The van der Waals surface area contributed by atoms with Crippen molar-refractivity contribution in [2.45, 2.75) is 61.4 Å². The van der Waals surface area contributed by atoms with Gasteiger partial charge in [-0.15, -0.1) is 0 Å². The number of hydrogen-bond acceptors (Lipinski definition) is 11. The molecule has 136 valence electrons. The van der Waals surface area contributed by atoms with Crippen LogP contribution < -0.4 is 0 Å². The molecule has 0 amide bonds. The fourth-order valence-corrected chi connectivity index (χ4v) is 2.56. The Morgan fingerprint density at radius 2 is 1.22 bits per heavy atom. The average Bonchev–Trinajstić information content (AvgIpc) is 2.54. The lowest BCUT2D eigenvalue weighted by molar-refractivity contribution is -0.355. The monoisotopic (exact) mass is 342 g/mol. The third-order valence-corrected chi connectivity index (χ3v) is 3.98. The molecule has 2 heterocycles. The Kier molecular flexibility index (Phi) is 6.27. The predicted octanol–water partition coefficient (Wildman–Crippen LogP) is -5.40. The van der Waals surface area contributed by atoms with Crippen LogP contribution in [0.3, 0.4) is 0 Å². The minimum absolute atomic E-state index is 0.667. The second kappa shape index (κ2) is 7.63. The highest BCUT2D eigenvalue weighted by Gasteiger charge is 2.50. The maximum absolute atomic E-state index is 10.00. The lowest BCUT2D eigenvalue weighted by Crippen LogP contribution is -2.64. The van der Waals surface area contributed by atoms with Gasteiger partial charge in [0.15, 0.2) is 12.6 Å². The van der Waals surface area contributed by atoms with Crippen LogP contribution >= 0.6 is 0 Å². The maximum atomic E-state index is 10.00. The quantitative estimate of drug-likeness (QED) is 0.243. The van der Waals surface area contributed by atoms with Gasteiger partial charge in [-0.1, -0.05) is 0 Å². The molecule has 2 saturated heterocycles. The lowest BCUT2D eigenvalue weighted by Gasteiger charge is -2.45. The van der Waals surface area contributed by atoms with E-state index in [1.165, 1.54) is 0 Å². The summed E-state index contributed by atoms with van der Waals surface area (Å²) in [6, 6.07) is 0. The summed E-state index contributed by atoms with van der Waals surface area (Å²) in [7, 11) is 0. The zero-order valence-electron chi connectivity index (χ0n) is 12.0. The van der Waals surface area contributed by atoms with Gasteiger partial charge in [-0.25, -0.2) is 0 Å². The minimum atomic E-state index is -1.76.